The fraction of sp³-hybridized carbons (Fsp3) is 0.455. The van der Waals surface area contributed by atoms with E-state index in [1.807, 2.05) is 20.1 Å². The van der Waals surface area contributed by atoms with Gasteiger partial charge in [-0.1, -0.05) is 12.2 Å². The molecule has 0 aromatic rings. The van der Waals surface area contributed by atoms with E-state index >= 15 is 0 Å². The van der Waals surface area contributed by atoms with E-state index in [0.29, 0.717) is 17.8 Å². The number of hydrogen-bond acceptors (Lipinski definition) is 4. The predicted molar refractivity (Wildman–Crippen MR) is 64.4 cm³/mol. The van der Waals surface area contributed by atoms with Crippen molar-refractivity contribution in [3.05, 3.63) is 23.3 Å². The van der Waals surface area contributed by atoms with Crippen molar-refractivity contribution in [2.45, 2.75) is 19.3 Å². The molecule has 2 amide bonds. The number of allylic oxidation sites excluding steroid dienone is 2. The highest BCUT2D eigenvalue weighted by Crippen LogP contribution is 2.29. The Balaban J connectivity index is 2.00. The lowest BCUT2D eigenvalue weighted by molar-refractivity contribution is -0.185. The molecule has 0 atom stereocenters. The lowest BCUT2D eigenvalue weighted by Gasteiger charge is -2.12. The van der Waals surface area contributed by atoms with Crippen molar-refractivity contribution in [3.8, 4) is 0 Å². The molecule has 0 radical (unpaired) electrons. The normalized spacial score (nSPS) is 19.2. The third-order valence-electron chi connectivity index (χ3n) is 2.77. The summed E-state index contributed by atoms with van der Waals surface area (Å²) in [5, 5.41) is 3.86. The van der Waals surface area contributed by atoms with E-state index in [1.54, 1.807) is 0 Å². The number of fused-ring (bicyclic) bond motifs is 1. The van der Waals surface area contributed by atoms with Crippen molar-refractivity contribution >= 4 is 19.8 Å². The monoisotopic (exact) mass is 234 g/mol. The van der Waals surface area contributed by atoms with Crippen molar-refractivity contribution in [3.63, 3.8) is 0 Å². The fourth-order valence-electron chi connectivity index (χ4n) is 1.91. The lowest BCUT2D eigenvalue weighted by Crippen LogP contribution is -2.30. The van der Waals surface area contributed by atoms with Gasteiger partial charge in [0.15, 0.2) is 7.98 Å². The number of hydrogen-bond donors (Lipinski definition) is 1. The topological polar surface area (TPSA) is 58.6 Å². The number of rotatable bonds is 5. The van der Waals surface area contributed by atoms with Crippen LogP contribution in [-0.2, 0) is 14.4 Å². The Hall–Kier alpha value is -1.40. The summed E-state index contributed by atoms with van der Waals surface area (Å²) in [7, 11) is 1.84. The first-order valence-electron chi connectivity index (χ1n) is 5.82. The van der Waals surface area contributed by atoms with Crippen LogP contribution in [0.2, 0.25) is 0 Å². The van der Waals surface area contributed by atoms with E-state index < -0.39 is 0 Å². The minimum absolute atomic E-state index is 0.328. The molecule has 0 aromatic carbocycles. The molecule has 1 heterocycles. The lowest BCUT2D eigenvalue weighted by atomic mass is 10.0. The van der Waals surface area contributed by atoms with Crippen LogP contribution in [-0.4, -0.2) is 38.0 Å². The molecule has 1 N–H and O–H groups in total. The molecule has 1 saturated heterocycles. The molecule has 1 aliphatic heterocycles. The van der Waals surface area contributed by atoms with Gasteiger partial charge in [-0.15, -0.1) is 5.06 Å². The highest BCUT2D eigenvalue weighted by atomic mass is 16.7. The number of carbonyl (C=O) groups is 2. The summed E-state index contributed by atoms with van der Waals surface area (Å²) in [6.07, 6.45) is 6.00. The number of carbonyl (C=O) groups excluding carboxylic acids is 2. The zero-order valence-corrected chi connectivity index (χ0v) is 9.86. The number of hydroxylamine groups is 2. The van der Waals surface area contributed by atoms with Gasteiger partial charge in [0.25, 0.3) is 11.8 Å². The third kappa shape index (κ3) is 2.32. The predicted octanol–water partition coefficient (Wildman–Crippen LogP) is -0.539. The van der Waals surface area contributed by atoms with Gasteiger partial charge in [-0.3, -0.25) is 14.4 Å². The van der Waals surface area contributed by atoms with Crippen molar-refractivity contribution in [1.29, 1.82) is 0 Å². The van der Waals surface area contributed by atoms with Gasteiger partial charge in [-0.2, -0.15) is 0 Å². The highest BCUT2D eigenvalue weighted by Gasteiger charge is 2.40. The van der Waals surface area contributed by atoms with Crippen molar-refractivity contribution < 1.29 is 14.4 Å². The van der Waals surface area contributed by atoms with E-state index in [9.17, 15) is 9.59 Å². The second kappa shape index (κ2) is 5.29. The maximum absolute atomic E-state index is 11.9. The second-order valence-electron chi connectivity index (χ2n) is 4.01. The van der Waals surface area contributed by atoms with Crippen LogP contribution in [0.25, 0.3) is 0 Å². The Bertz CT molecular complexity index is 372. The van der Waals surface area contributed by atoms with Crippen LogP contribution in [0.3, 0.4) is 0 Å². The fourth-order valence-corrected chi connectivity index (χ4v) is 1.91. The van der Waals surface area contributed by atoms with Gasteiger partial charge in [0.2, 0.25) is 0 Å². The smallest absolute Gasteiger partial charge is 0.285 e. The van der Waals surface area contributed by atoms with Crippen molar-refractivity contribution in [1.82, 2.24) is 10.3 Å². The van der Waals surface area contributed by atoms with Crippen LogP contribution in [0.1, 0.15) is 19.3 Å². The average Bonchev–Trinajstić information content (AvgIpc) is 2.60. The standard InChI is InChI=1S/C11H15BN2O3/c12-13-6-3-7-17-14-10(15)8-4-1-2-5-9(8)11(14)16/h4-5,13H,1-3,6-7,12H2. The minimum atomic E-state index is -0.328. The van der Waals surface area contributed by atoms with Gasteiger partial charge in [0.1, 0.15) is 0 Å². The van der Waals surface area contributed by atoms with Gasteiger partial charge in [0, 0.05) is 0 Å². The van der Waals surface area contributed by atoms with E-state index in [2.05, 4.69) is 5.23 Å². The van der Waals surface area contributed by atoms with Crippen LogP contribution >= 0.6 is 0 Å². The number of nitrogens with zero attached hydrogens (tertiary/aromatic N) is 1. The molecule has 2 aliphatic rings. The summed E-state index contributed by atoms with van der Waals surface area (Å²) in [4.78, 5) is 29.0. The van der Waals surface area contributed by atoms with Gasteiger partial charge >= 0.3 is 0 Å². The van der Waals surface area contributed by atoms with E-state index in [4.69, 9.17) is 4.84 Å². The highest BCUT2D eigenvalue weighted by molar-refractivity contribution is 6.23. The molecule has 5 nitrogen and oxygen atoms in total. The van der Waals surface area contributed by atoms with Crippen molar-refractivity contribution in [2.75, 3.05) is 13.2 Å². The molecule has 17 heavy (non-hydrogen) atoms. The molecular weight excluding hydrogens is 219 g/mol. The zero-order chi connectivity index (χ0) is 12.3. The quantitative estimate of drug-likeness (QED) is 0.394. The Labute approximate surface area is 101 Å². The number of amides is 2. The maximum Gasteiger partial charge on any atom is 0.285 e. The van der Waals surface area contributed by atoms with Crippen LogP contribution < -0.4 is 5.23 Å². The molecule has 1 fully saturated rings. The molecule has 0 unspecified atom stereocenters. The Morgan fingerprint density at radius 3 is 2.35 bits per heavy atom. The summed E-state index contributed by atoms with van der Waals surface area (Å²) in [6, 6.07) is 0. The van der Waals surface area contributed by atoms with Crippen LogP contribution in [0.5, 0.6) is 0 Å². The van der Waals surface area contributed by atoms with E-state index in [1.165, 1.54) is 0 Å². The van der Waals surface area contributed by atoms with E-state index in [-0.39, 0.29) is 11.8 Å². The van der Waals surface area contributed by atoms with Gasteiger partial charge in [-0.05, 0) is 25.8 Å². The Morgan fingerprint density at radius 2 is 1.82 bits per heavy atom. The summed E-state index contributed by atoms with van der Waals surface area (Å²) < 4.78 is 0. The average molecular weight is 234 g/mol. The molecular formula is C11H15BN2O3. The molecule has 0 aromatic heterocycles. The minimum Gasteiger partial charge on any atom is -0.362 e. The first-order valence-corrected chi connectivity index (χ1v) is 5.82. The zero-order valence-electron chi connectivity index (χ0n) is 9.86. The Kier molecular flexibility index (Phi) is 3.76. The van der Waals surface area contributed by atoms with Crippen LogP contribution in [0, 0.1) is 0 Å². The molecule has 0 spiro atoms. The van der Waals surface area contributed by atoms with Gasteiger partial charge in [-0.25, -0.2) is 0 Å². The maximum atomic E-state index is 11.9. The molecule has 6 heteroatoms. The first kappa shape index (κ1) is 12.1. The SMILES string of the molecule is BNCCCON1C(=O)C2=CCCC=C2C1=O. The van der Waals surface area contributed by atoms with Gasteiger partial charge < -0.3 is 5.23 Å². The number of nitrogens with one attached hydrogen (secondary N) is 1. The van der Waals surface area contributed by atoms with Crippen LogP contribution in [0.15, 0.2) is 23.3 Å². The third-order valence-corrected chi connectivity index (χ3v) is 2.77. The van der Waals surface area contributed by atoms with Crippen LogP contribution in [0.4, 0.5) is 0 Å². The Morgan fingerprint density at radius 1 is 1.24 bits per heavy atom. The molecule has 90 valence electrons. The summed E-state index contributed by atoms with van der Waals surface area (Å²) in [5.74, 6) is -0.657. The molecule has 2 rings (SSSR count). The molecule has 0 bridgehead atoms. The largest absolute Gasteiger partial charge is 0.362 e. The molecule has 1 aliphatic carbocycles. The van der Waals surface area contributed by atoms with Gasteiger partial charge in [0.05, 0.1) is 17.8 Å². The number of imide groups is 1. The van der Waals surface area contributed by atoms with Crippen molar-refractivity contribution in [2.24, 2.45) is 0 Å². The molecule has 0 saturated carbocycles. The summed E-state index contributed by atoms with van der Waals surface area (Å²) in [6.45, 7) is 1.15. The van der Waals surface area contributed by atoms with E-state index in [0.717, 1.165) is 30.9 Å². The summed E-state index contributed by atoms with van der Waals surface area (Å²) in [5.41, 5.74) is 0.990. The first-order chi connectivity index (χ1) is 8.25. The second-order valence-corrected chi connectivity index (χ2v) is 4.01. The summed E-state index contributed by atoms with van der Waals surface area (Å²) >= 11 is 0.